The molecule has 3 aromatic heterocycles. The minimum Gasteiger partial charge on any atom is -0.480 e. The SMILES string of the molecule is CN1Cc2cc(Nc3ncc4c(=O)n5n(c4n3)-c3ccc4c(n3)N(CCCC/C=C/C5)C(=O)CO4)ccc2C2(CC2)C1. The molecule has 42 heavy (non-hydrogen) atoms. The second kappa shape index (κ2) is 9.52. The molecule has 214 valence electrons. The van der Waals surface area contributed by atoms with E-state index in [1.807, 2.05) is 12.1 Å². The lowest BCUT2D eigenvalue weighted by molar-refractivity contribution is -0.121. The number of rotatable bonds is 2. The summed E-state index contributed by atoms with van der Waals surface area (Å²) >= 11 is 0. The number of allylic oxidation sites excluding steroid dienone is 2. The average Bonchev–Trinajstić information content (AvgIpc) is 3.68. The van der Waals surface area contributed by atoms with Crippen LogP contribution in [0, 0.1) is 0 Å². The van der Waals surface area contributed by atoms with Gasteiger partial charge in [-0.3, -0.25) is 14.5 Å². The van der Waals surface area contributed by atoms with Crippen molar-refractivity contribution in [2.24, 2.45) is 0 Å². The third-order valence-electron chi connectivity index (χ3n) is 8.87. The maximum absolute atomic E-state index is 13.6. The maximum Gasteiger partial charge on any atom is 0.278 e. The van der Waals surface area contributed by atoms with E-state index in [9.17, 15) is 9.59 Å². The molecule has 0 atom stereocenters. The summed E-state index contributed by atoms with van der Waals surface area (Å²) in [5, 5.41) is 3.77. The van der Waals surface area contributed by atoms with Crippen molar-refractivity contribution in [1.29, 1.82) is 0 Å². The number of aromatic nitrogens is 5. The number of amides is 1. The number of fused-ring (bicyclic) bond motifs is 7. The summed E-state index contributed by atoms with van der Waals surface area (Å²) in [4.78, 5) is 44.7. The molecule has 1 amide bonds. The van der Waals surface area contributed by atoms with Gasteiger partial charge in [0, 0.05) is 36.9 Å². The smallest absolute Gasteiger partial charge is 0.278 e. The molecule has 6 heterocycles. The Hall–Kier alpha value is -4.51. The van der Waals surface area contributed by atoms with Gasteiger partial charge in [0.1, 0.15) is 5.39 Å². The van der Waals surface area contributed by atoms with Gasteiger partial charge in [-0.25, -0.2) is 19.3 Å². The molecule has 1 fully saturated rings. The third-order valence-corrected chi connectivity index (χ3v) is 8.87. The number of likely N-dealkylation sites (N-methyl/N-ethyl adjacent to an activating group) is 1. The van der Waals surface area contributed by atoms with Gasteiger partial charge in [-0.1, -0.05) is 18.2 Å². The standard InChI is InChI=1S/C31H32N8O3/c1-36-17-20-15-21(7-8-23(20)31(19-36)11-12-31)33-30-32-16-22-27(35-30)39-25-10-9-24-28(34-25)37(26(40)18-42-24)13-5-3-2-4-6-14-38(39)29(22)41/h4,6-10,15-16H,2-3,5,11-14,17-19H2,1H3,(H,32,33,35)/b6-4+. The molecule has 4 aromatic rings. The number of benzene rings is 1. The number of hydrogen-bond donors (Lipinski definition) is 1. The highest BCUT2D eigenvalue weighted by molar-refractivity contribution is 5.96. The second-order valence-corrected chi connectivity index (χ2v) is 11.9. The van der Waals surface area contributed by atoms with Crippen LogP contribution in [-0.2, 0) is 23.3 Å². The van der Waals surface area contributed by atoms with Crippen LogP contribution in [0.1, 0.15) is 43.2 Å². The summed E-state index contributed by atoms with van der Waals surface area (Å²) in [6, 6.07) is 10.1. The lowest BCUT2D eigenvalue weighted by atomic mass is 9.87. The molecule has 4 aliphatic rings. The van der Waals surface area contributed by atoms with Crippen LogP contribution < -0.4 is 20.5 Å². The lowest BCUT2D eigenvalue weighted by Gasteiger charge is -2.32. The molecular weight excluding hydrogens is 532 g/mol. The van der Waals surface area contributed by atoms with Gasteiger partial charge in [-0.2, -0.15) is 4.98 Å². The predicted octanol–water partition coefficient (Wildman–Crippen LogP) is 3.66. The average molecular weight is 565 g/mol. The van der Waals surface area contributed by atoms with E-state index in [2.05, 4.69) is 46.5 Å². The Morgan fingerprint density at radius 2 is 1.95 bits per heavy atom. The van der Waals surface area contributed by atoms with E-state index in [0.29, 0.717) is 52.9 Å². The van der Waals surface area contributed by atoms with Gasteiger partial charge in [0.2, 0.25) is 5.95 Å². The molecule has 1 saturated carbocycles. The number of anilines is 3. The number of carbonyl (C=O) groups excluding carboxylic acids is 1. The number of hydrogen-bond acceptors (Lipinski definition) is 8. The molecule has 0 saturated heterocycles. The van der Waals surface area contributed by atoms with Crippen LogP contribution in [0.4, 0.5) is 17.5 Å². The molecular formula is C31H32N8O3. The summed E-state index contributed by atoms with van der Waals surface area (Å²) in [5.74, 6) is 1.78. The van der Waals surface area contributed by atoms with E-state index in [0.717, 1.165) is 38.0 Å². The van der Waals surface area contributed by atoms with Crippen molar-refractivity contribution >= 4 is 34.4 Å². The van der Waals surface area contributed by atoms with E-state index < -0.39 is 0 Å². The zero-order chi connectivity index (χ0) is 28.4. The Balaban J connectivity index is 1.23. The third kappa shape index (κ3) is 4.10. The van der Waals surface area contributed by atoms with Crippen molar-refractivity contribution in [3.05, 3.63) is 70.2 Å². The zero-order valence-corrected chi connectivity index (χ0v) is 23.5. The van der Waals surface area contributed by atoms with Gasteiger partial charge in [-0.05, 0) is 74.5 Å². The number of pyridine rings is 1. The lowest BCUT2D eigenvalue weighted by Crippen LogP contribution is -2.40. The minimum atomic E-state index is -0.202. The Morgan fingerprint density at radius 1 is 1.05 bits per heavy atom. The molecule has 3 aliphatic heterocycles. The molecule has 11 heteroatoms. The quantitative estimate of drug-likeness (QED) is 0.368. The zero-order valence-electron chi connectivity index (χ0n) is 23.5. The number of nitrogens with zero attached hydrogens (tertiary/aromatic N) is 7. The Labute approximate surface area is 242 Å². The van der Waals surface area contributed by atoms with Crippen LogP contribution in [0.15, 0.2) is 53.5 Å². The number of carbonyl (C=O) groups is 1. The molecule has 1 N–H and O–H groups in total. The topological polar surface area (TPSA) is 110 Å². The first-order valence-corrected chi connectivity index (χ1v) is 14.7. The highest BCUT2D eigenvalue weighted by Gasteiger charge is 2.48. The largest absolute Gasteiger partial charge is 0.480 e. The van der Waals surface area contributed by atoms with Crippen LogP contribution in [0.2, 0.25) is 0 Å². The summed E-state index contributed by atoms with van der Waals surface area (Å²) in [6.45, 7) is 2.94. The van der Waals surface area contributed by atoms with Crippen LogP contribution in [-0.4, -0.2) is 61.9 Å². The van der Waals surface area contributed by atoms with Gasteiger partial charge in [0.25, 0.3) is 11.5 Å². The number of ether oxygens (including phenoxy) is 1. The first-order chi connectivity index (χ1) is 20.5. The molecule has 8 rings (SSSR count). The molecule has 0 radical (unpaired) electrons. The molecule has 1 aromatic carbocycles. The summed E-state index contributed by atoms with van der Waals surface area (Å²) in [7, 11) is 2.18. The van der Waals surface area contributed by atoms with Crippen LogP contribution in [0.25, 0.3) is 16.9 Å². The van der Waals surface area contributed by atoms with Gasteiger partial charge in [0.05, 0.1) is 6.54 Å². The fourth-order valence-corrected chi connectivity index (χ4v) is 6.70. The van der Waals surface area contributed by atoms with Crippen LogP contribution in [0.3, 0.4) is 0 Å². The van der Waals surface area contributed by atoms with E-state index in [1.54, 1.807) is 26.5 Å². The summed E-state index contributed by atoms with van der Waals surface area (Å²) < 4.78 is 9.03. The first-order valence-electron chi connectivity index (χ1n) is 14.7. The molecule has 2 bridgehead atoms. The van der Waals surface area contributed by atoms with Crippen LogP contribution in [0.5, 0.6) is 5.75 Å². The van der Waals surface area contributed by atoms with E-state index in [1.165, 1.54) is 24.0 Å². The van der Waals surface area contributed by atoms with Crippen molar-refractivity contribution < 1.29 is 9.53 Å². The van der Waals surface area contributed by atoms with Gasteiger partial charge in [-0.15, -0.1) is 0 Å². The first kappa shape index (κ1) is 25.2. The Kier molecular flexibility index (Phi) is 5.72. The van der Waals surface area contributed by atoms with Crippen molar-refractivity contribution in [3.8, 4) is 11.6 Å². The summed E-state index contributed by atoms with van der Waals surface area (Å²) in [6.07, 6.45) is 10.8. The molecule has 1 aliphatic carbocycles. The van der Waals surface area contributed by atoms with Crippen LogP contribution >= 0.6 is 0 Å². The van der Waals surface area contributed by atoms with E-state index in [-0.39, 0.29) is 18.1 Å². The molecule has 1 spiro atoms. The molecule has 0 unspecified atom stereocenters. The van der Waals surface area contributed by atoms with Crippen molar-refractivity contribution in [1.82, 2.24) is 29.2 Å². The van der Waals surface area contributed by atoms with Crippen molar-refractivity contribution in [3.63, 3.8) is 0 Å². The van der Waals surface area contributed by atoms with Gasteiger partial charge >= 0.3 is 0 Å². The minimum absolute atomic E-state index is 0.00664. The van der Waals surface area contributed by atoms with Crippen molar-refractivity contribution in [2.45, 2.75) is 50.6 Å². The fourth-order valence-electron chi connectivity index (χ4n) is 6.70. The van der Waals surface area contributed by atoms with Gasteiger partial charge in [0.15, 0.2) is 29.6 Å². The predicted molar refractivity (Wildman–Crippen MR) is 159 cm³/mol. The highest BCUT2D eigenvalue weighted by atomic mass is 16.5. The second-order valence-electron chi connectivity index (χ2n) is 11.9. The molecule has 11 nitrogen and oxygen atoms in total. The van der Waals surface area contributed by atoms with E-state index in [4.69, 9.17) is 14.7 Å². The summed E-state index contributed by atoms with van der Waals surface area (Å²) in [5.41, 5.74) is 4.26. The fraction of sp³-hybridized carbons (Fsp3) is 0.387. The highest BCUT2D eigenvalue weighted by Crippen LogP contribution is 2.52. The monoisotopic (exact) mass is 564 g/mol. The normalized spacial score (nSPS) is 20.1. The van der Waals surface area contributed by atoms with Crippen molar-refractivity contribution in [2.75, 3.05) is 37.0 Å². The number of nitrogens with one attached hydrogen (secondary N) is 1. The maximum atomic E-state index is 13.6. The Morgan fingerprint density at radius 3 is 2.83 bits per heavy atom. The van der Waals surface area contributed by atoms with Gasteiger partial charge < -0.3 is 15.0 Å². The van der Waals surface area contributed by atoms with E-state index >= 15 is 0 Å². The Bertz CT molecular complexity index is 1840.